The number of aromatic nitrogens is 1. The molecule has 136 valence electrons. The normalized spacial score (nSPS) is 11.4. The van der Waals surface area contributed by atoms with Crippen LogP contribution in [0.4, 0.5) is 13.2 Å². The Morgan fingerprint density at radius 3 is 2.72 bits per heavy atom. The molecule has 2 rings (SSSR count). The fourth-order valence-electron chi connectivity index (χ4n) is 2.31. The summed E-state index contributed by atoms with van der Waals surface area (Å²) in [4.78, 5) is 11.8. The lowest BCUT2D eigenvalue weighted by atomic mass is 10.1. The van der Waals surface area contributed by atoms with Crippen molar-refractivity contribution in [2.45, 2.75) is 32.9 Å². The van der Waals surface area contributed by atoms with Gasteiger partial charge in [-0.3, -0.25) is 4.79 Å². The summed E-state index contributed by atoms with van der Waals surface area (Å²) < 4.78 is 48.1. The molecular formula is C17H19F3N2O3. The molecule has 1 N–H and O–H groups in total. The molecule has 0 unspecified atom stereocenters. The zero-order valence-corrected chi connectivity index (χ0v) is 13.9. The van der Waals surface area contributed by atoms with Crippen molar-refractivity contribution in [3.63, 3.8) is 0 Å². The molecule has 0 aliphatic carbocycles. The predicted molar refractivity (Wildman–Crippen MR) is 84.2 cm³/mol. The molecule has 1 aromatic heterocycles. The molecule has 5 nitrogen and oxygen atoms in total. The molecule has 0 radical (unpaired) electrons. The molecule has 2 aromatic rings. The average Bonchev–Trinajstić information content (AvgIpc) is 2.87. The number of nitrogens with zero attached hydrogens (tertiary/aromatic N) is 1. The van der Waals surface area contributed by atoms with Gasteiger partial charge in [-0.25, -0.2) is 0 Å². The SMILES string of the molecule is Cc1noc(C)c1CCC(=O)NCCOc1cccc(C(F)(F)F)c1. The maximum Gasteiger partial charge on any atom is 0.416 e. The van der Waals surface area contributed by atoms with Gasteiger partial charge in [0.25, 0.3) is 0 Å². The van der Waals surface area contributed by atoms with Crippen molar-refractivity contribution >= 4 is 5.91 Å². The number of alkyl halides is 3. The zero-order chi connectivity index (χ0) is 18.4. The maximum atomic E-state index is 12.6. The summed E-state index contributed by atoms with van der Waals surface area (Å²) in [6, 6.07) is 4.62. The number of aryl methyl sites for hydroxylation is 2. The smallest absolute Gasteiger partial charge is 0.416 e. The van der Waals surface area contributed by atoms with Crippen LogP contribution in [0.2, 0.25) is 0 Å². The molecule has 8 heteroatoms. The van der Waals surface area contributed by atoms with Crippen molar-refractivity contribution in [1.82, 2.24) is 10.5 Å². The fraction of sp³-hybridized carbons (Fsp3) is 0.412. The summed E-state index contributed by atoms with van der Waals surface area (Å²) in [5, 5.41) is 6.48. The van der Waals surface area contributed by atoms with Gasteiger partial charge in [-0.1, -0.05) is 11.2 Å². The third-order valence-electron chi connectivity index (χ3n) is 3.64. The van der Waals surface area contributed by atoms with Crippen LogP contribution < -0.4 is 10.1 Å². The molecule has 0 bridgehead atoms. The Balaban J connectivity index is 1.71. The number of benzene rings is 1. The number of carbonyl (C=O) groups excluding carboxylic acids is 1. The molecule has 0 spiro atoms. The minimum Gasteiger partial charge on any atom is -0.492 e. The number of rotatable bonds is 7. The Bertz CT molecular complexity index is 707. The molecule has 0 aliphatic heterocycles. The highest BCUT2D eigenvalue weighted by molar-refractivity contribution is 5.76. The Morgan fingerprint density at radius 2 is 2.08 bits per heavy atom. The molecule has 1 aromatic carbocycles. The Morgan fingerprint density at radius 1 is 1.32 bits per heavy atom. The van der Waals surface area contributed by atoms with E-state index in [1.807, 2.05) is 6.92 Å². The van der Waals surface area contributed by atoms with Crippen molar-refractivity contribution in [1.29, 1.82) is 0 Å². The summed E-state index contributed by atoms with van der Waals surface area (Å²) in [6.45, 7) is 3.89. The summed E-state index contributed by atoms with van der Waals surface area (Å²) in [6.07, 6.45) is -3.63. The highest BCUT2D eigenvalue weighted by Gasteiger charge is 2.30. The summed E-state index contributed by atoms with van der Waals surface area (Å²) >= 11 is 0. The van der Waals surface area contributed by atoms with E-state index in [0.717, 1.165) is 23.4 Å². The lowest BCUT2D eigenvalue weighted by Crippen LogP contribution is -2.28. The number of nitrogens with one attached hydrogen (secondary N) is 1. The first kappa shape index (κ1) is 18.8. The molecule has 0 atom stereocenters. The highest BCUT2D eigenvalue weighted by Crippen LogP contribution is 2.31. The predicted octanol–water partition coefficient (Wildman–Crippen LogP) is 3.44. The van der Waals surface area contributed by atoms with Crippen LogP contribution in [-0.4, -0.2) is 24.2 Å². The maximum absolute atomic E-state index is 12.6. The second-order valence-electron chi connectivity index (χ2n) is 5.53. The van der Waals surface area contributed by atoms with Crippen LogP contribution in [0.5, 0.6) is 5.75 Å². The molecule has 0 fully saturated rings. The molecular weight excluding hydrogens is 337 g/mol. The first-order valence-corrected chi connectivity index (χ1v) is 7.76. The lowest BCUT2D eigenvalue weighted by molar-refractivity contribution is -0.137. The lowest BCUT2D eigenvalue weighted by Gasteiger charge is -2.10. The van der Waals surface area contributed by atoms with Crippen LogP contribution in [0, 0.1) is 13.8 Å². The number of halogens is 3. The third kappa shape index (κ3) is 5.51. The monoisotopic (exact) mass is 356 g/mol. The Hall–Kier alpha value is -2.51. The summed E-state index contributed by atoms with van der Waals surface area (Å²) in [5.41, 5.74) is 0.905. The number of amides is 1. The molecule has 1 heterocycles. The van der Waals surface area contributed by atoms with E-state index in [1.54, 1.807) is 6.92 Å². The van der Waals surface area contributed by atoms with E-state index >= 15 is 0 Å². The van der Waals surface area contributed by atoms with Crippen LogP contribution in [0.25, 0.3) is 0 Å². The molecule has 0 saturated carbocycles. The van der Waals surface area contributed by atoms with Gasteiger partial charge in [-0.15, -0.1) is 0 Å². The van der Waals surface area contributed by atoms with Gasteiger partial charge >= 0.3 is 6.18 Å². The minimum absolute atomic E-state index is 0.0817. The quantitative estimate of drug-likeness (QED) is 0.772. The molecule has 0 saturated heterocycles. The van der Waals surface area contributed by atoms with E-state index in [9.17, 15) is 18.0 Å². The van der Waals surface area contributed by atoms with Gasteiger partial charge in [0.1, 0.15) is 18.1 Å². The third-order valence-corrected chi connectivity index (χ3v) is 3.64. The minimum atomic E-state index is -4.41. The Labute approximate surface area is 143 Å². The first-order chi connectivity index (χ1) is 11.8. The van der Waals surface area contributed by atoms with Crippen LogP contribution in [0.3, 0.4) is 0 Å². The van der Waals surface area contributed by atoms with Crippen LogP contribution in [-0.2, 0) is 17.4 Å². The zero-order valence-electron chi connectivity index (χ0n) is 13.9. The van der Waals surface area contributed by atoms with E-state index in [4.69, 9.17) is 9.26 Å². The number of hydrogen-bond acceptors (Lipinski definition) is 4. The van der Waals surface area contributed by atoms with Crippen LogP contribution >= 0.6 is 0 Å². The van der Waals surface area contributed by atoms with Crippen LogP contribution in [0.1, 0.15) is 29.0 Å². The second kappa shape index (κ2) is 8.04. The van der Waals surface area contributed by atoms with E-state index in [-0.39, 0.29) is 31.2 Å². The standard InChI is InChI=1S/C17H19F3N2O3/c1-11-15(12(2)25-22-11)6-7-16(23)21-8-9-24-14-5-3-4-13(10-14)17(18,19)20/h3-5,10H,6-9H2,1-2H3,(H,21,23). The van der Waals surface area contributed by atoms with Gasteiger partial charge in [0.2, 0.25) is 5.91 Å². The topological polar surface area (TPSA) is 64.4 Å². The van der Waals surface area contributed by atoms with Gasteiger partial charge in [0, 0.05) is 12.0 Å². The van der Waals surface area contributed by atoms with Gasteiger partial charge in [-0.2, -0.15) is 13.2 Å². The van der Waals surface area contributed by atoms with Gasteiger partial charge < -0.3 is 14.6 Å². The number of ether oxygens (including phenoxy) is 1. The van der Waals surface area contributed by atoms with E-state index < -0.39 is 11.7 Å². The number of carbonyl (C=O) groups is 1. The Kier molecular flexibility index (Phi) is 6.06. The van der Waals surface area contributed by atoms with Crippen molar-refractivity contribution in [3.8, 4) is 5.75 Å². The van der Waals surface area contributed by atoms with Gasteiger partial charge in [-0.05, 0) is 38.5 Å². The number of hydrogen-bond donors (Lipinski definition) is 1. The highest BCUT2D eigenvalue weighted by atomic mass is 19.4. The molecule has 0 aliphatic rings. The largest absolute Gasteiger partial charge is 0.492 e. The fourth-order valence-corrected chi connectivity index (χ4v) is 2.31. The summed E-state index contributed by atoms with van der Waals surface area (Å²) in [7, 11) is 0. The average molecular weight is 356 g/mol. The van der Waals surface area contributed by atoms with Crippen molar-refractivity contribution in [2.75, 3.05) is 13.2 Å². The van der Waals surface area contributed by atoms with E-state index in [1.165, 1.54) is 12.1 Å². The van der Waals surface area contributed by atoms with Gasteiger partial charge in [0.15, 0.2) is 0 Å². The van der Waals surface area contributed by atoms with Gasteiger partial charge in [0.05, 0.1) is 17.8 Å². The molecule has 25 heavy (non-hydrogen) atoms. The van der Waals surface area contributed by atoms with Crippen molar-refractivity contribution in [2.24, 2.45) is 0 Å². The van der Waals surface area contributed by atoms with E-state index in [0.29, 0.717) is 12.2 Å². The second-order valence-corrected chi connectivity index (χ2v) is 5.53. The summed E-state index contributed by atoms with van der Waals surface area (Å²) in [5.74, 6) is 0.630. The van der Waals surface area contributed by atoms with Crippen LogP contribution in [0.15, 0.2) is 28.8 Å². The van der Waals surface area contributed by atoms with E-state index in [2.05, 4.69) is 10.5 Å². The molecule has 1 amide bonds. The van der Waals surface area contributed by atoms with Crippen molar-refractivity contribution < 1.29 is 27.2 Å². The van der Waals surface area contributed by atoms with Crippen molar-refractivity contribution in [3.05, 3.63) is 46.8 Å². The first-order valence-electron chi connectivity index (χ1n) is 7.76.